The molecule has 0 radical (unpaired) electrons. The first-order valence-corrected chi connectivity index (χ1v) is 7.00. The van der Waals surface area contributed by atoms with Gasteiger partial charge in [-0.1, -0.05) is 6.08 Å². The van der Waals surface area contributed by atoms with Gasteiger partial charge >= 0.3 is 6.09 Å². The molecule has 6 heteroatoms. The van der Waals surface area contributed by atoms with Gasteiger partial charge in [-0.25, -0.2) is 4.79 Å². The molecule has 1 aromatic rings. The van der Waals surface area contributed by atoms with Gasteiger partial charge in [0, 0.05) is 23.7 Å². The van der Waals surface area contributed by atoms with E-state index in [0.29, 0.717) is 18.2 Å². The topological polar surface area (TPSA) is 95.2 Å². The monoisotopic (exact) mass is 276 g/mol. The lowest BCUT2D eigenvalue weighted by atomic mass is 9.78. The van der Waals surface area contributed by atoms with E-state index in [9.17, 15) is 9.90 Å². The van der Waals surface area contributed by atoms with E-state index in [1.54, 1.807) is 4.90 Å². The molecule has 108 valence electrons. The number of carboxylic acid groups (broad SMARTS) is 1. The van der Waals surface area contributed by atoms with Crippen LogP contribution in [0.15, 0.2) is 18.7 Å². The highest BCUT2D eigenvalue weighted by Crippen LogP contribution is 2.51. The van der Waals surface area contributed by atoms with Crippen LogP contribution in [0.1, 0.15) is 43.7 Å². The van der Waals surface area contributed by atoms with Gasteiger partial charge in [-0.05, 0) is 32.1 Å². The second-order valence-electron chi connectivity index (χ2n) is 5.95. The molecule has 2 saturated heterocycles. The fourth-order valence-electron chi connectivity index (χ4n) is 4.08. The number of anilines is 1. The summed E-state index contributed by atoms with van der Waals surface area (Å²) in [6, 6.07) is 1.96. The molecule has 2 aliphatic rings. The second-order valence-corrected chi connectivity index (χ2v) is 5.95. The van der Waals surface area contributed by atoms with Crippen LogP contribution < -0.4 is 5.73 Å². The molecule has 3 atom stereocenters. The Morgan fingerprint density at radius 2 is 2.55 bits per heavy atom. The molecule has 4 N–H and O–H groups in total. The Morgan fingerprint density at radius 1 is 1.75 bits per heavy atom. The van der Waals surface area contributed by atoms with E-state index in [1.165, 1.54) is 0 Å². The lowest BCUT2D eigenvalue weighted by molar-refractivity contribution is 0.0449. The van der Waals surface area contributed by atoms with Crippen LogP contribution in [0.4, 0.5) is 10.6 Å². The van der Waals surface area contributed by atoms with Gasteiger partial charge in [-0.3, -0.25) is 10.00 Å². The van der Waals surface area contributed by atoms with Crippen LogP contribution in [0.5, 0.6) is 0 Å². The van der Waals surface area contributed by atoms with Crippen LogP contribution >= 0.6 is 0 Å². The van der Waals surface area contributed by atoms with E-state index in [2.05, 4.69) is 16.8 Å². The summed E-state index contributed by atoms with van der Waals surface area (Å²) in [5.74, 6) is 0.786. The lowest BCUT2D eigenvalue weighted by Crippen LogP contribution is -2.54. The van der Waals surface area contributed by atoms with E-state index in [0.717, 1.165) is 31.4 Å². The van der Waals surface area contributed by atoms with E-state index < -0.39 is 6.09 Å². The Labute approximate surface area is 117 Å². The van der Waals surface area contributed by atoms with Gasteiger partial charge in [0.15, 0.2) is 0 Å². The summed E-state index contributed by atoms with van der Waals surface area (Å²) in [4.78, 5) is 13.3. The first-order valence-electron chi connectivity index (χ1n) is 7.00. The predicted octanol–water partition coefficient (Wildman–Crippen LogP) is 2.33. The van der Waals surface area contributed by atoms with Gasteiger partial charge in [-0.15, -0.1) is 6.58 Å². The number of amides is 1. The molecule has 3 unspecified atom stereocenters. The van der Waals surface area contributed by atoms with Gasteiger partial charge in [0.25, 0.3) is 0 Å². The normalized spacial score (nSPS) is 32.3. The smallest absolute Gasteiger partial charge is 0.408 e. The van der Waals surface area contributed by atoms with E-state index >= 15 is 0 Å². The Morgan fingerprint density at radius 3 is 3.15 bits per heavy atom. The van der Waals surface area contributed by atoms with E-state index in [4.69, 9.17) is 5.73 Å². The van der Waals surface area contributed by atoms with Crippen LogP contribution in [0.3, 0.4) is 0 Å². The largest absolute Gasteiger partial charge is 0.465 e. The van der Waals surface area contributed by atoms with Gasteiger partial charge in [0.05, 0.1) is 5.54 Å². The molecular formula is C14H20N4O2. The van der Waals surface area contributed by atoms with Crippen LogP contribution in [0.25, 0.3) is 0 Å². The maximum atomic E-state index is 11.6. The molecule has 0 saturated carbocycles. The molecule has 0 aliphatic carbocycles. The number of piperidine rings is 1. The van der Waals surface area contributed by atoms with Crippen molar-refractivity contribution >= 4 is 11.9 Å². The summed E-state index contributed by atoms with van der Waals surface area (Å²) in [6.45, 7) is 3.80. The molecule has 2 aliphatic heterocycles. The molecular weight excluding hydrogens is 256 g/mol. The molecule has 0 spiro atoms. The zero-order chi connectivity index (χ0) is 14.3. The quantitative estimate of drug-likeness (QED) is 0.738. The number of hydrogen-bond acceptors (Lipinski definition) is 3. The number of aromatic nitrogens is 2. The molecule has 1 amide bonds. The first kappa shape index (κ1) is 13.0. The SMILES string of the molecule is C=CCC12CCC(CC(c3cc(N)n[nH]3)C1)N2C(=O)O. The van der Waals surface area contributed by atoms with E-state index in [1.807, 2.05) is 12.1 Å². The number of carbonyl (C=O) groups is 1. The molecule has 20 heavy (non-hydrogen) atoms. The number of nitrogens with two attached hydrogens (primary N) is 1. The van der Waals surface area contributed by atoms with Crippen molar-refractivity contribution in [2.45, 2.75) is 49.6 Å². The highest BCUT2D eigenvalue weighted by molar-refractivity contribution is 5.67. The summed E-state index contributed by atoms with van der Waals surface area (Å²) in [6.07, 6.45) is 5.22. The molecule has 3 heterocycles. The molecule has 6 nitrogen and oxygen atoms in total. The van der Waals surface area contributed by atoms with Crippen LogP contribution in [0.2, 0.25) is 0 Å². The minimum absolute atomic E-state index is 0.0933. The van der Waals surface area contributed by atoms with Crippen molar-refractivity contribution < 1.29 is 9.90 Å². The summed E-state index contributed by atoms with van der Waals surface area (Å²) in [7, 11) is 0. The van der Waals surface area contributed by atoms with Gasteiger partial charge < -0.3 is 10.8 Å². The van der Waals surface area contributed by atoms with Gasteiger partial charge in [0.2, 0.25) is 0 Å². The Bertz CT molecular complexity index is 541. The summed E-state index contributed by atoms with van der Waals surface area (Å²) in [5.41, 5.74) is 6.39. The van der Waals surface area contributed by atoms with Crippen LogP contribution in [-0.4, -0.2) is 37.9 Å². The summed E-state index contributed by atoms with van der Waals surface area (Å²) < 4.78 is 0. The number of hydrogen-bond donors (Lipinski definition) is 3. The van der Waals surface area contributed by atoms with Crippen molar-refractivity contribution in [1.82, 2.24) is 15.1 Å². The third-order valence-corrected chi connectivity index (χ3v) is 4.79. The molecule has 3 rings (SSSR count). The maximum Gasteiger partial charge on any atom is 0.408 e. The van der Waals surface area contributed by atoms with Crippen LogP contribution in [-0.2, 0) is 0 Å². The Hall–Kier alpha value is -1.98. The standard InChI is InChI=1S/C14H20N4O2/c1-2-4-14-5-3-10(18(14)13(19)20)6-9(8-14)11-7-12(15)17-16-11/h2,7,9-10H,1,3-6,8H2,(H,19,20)(H3,15,16,17). The van der Waals surface area contributed by atoms with Crippen LogP contribution in [0, 0.1) is 0 Å². The molecule has 2 bridgehead atoms. The zero-order valence-electron chi connectivity index (χ0n) is 11.4. The van der Waals surface area contributed by atoms with Crippen molar-refractivity contribution in [2.75, 3.05) is 5.73 Å². The average molecular weight is 276 g/mol. The van der Waals surface area contributed by atoms with Crippen molar-refractivity contribution in [3.63, 3.8) is 0 Å². The lowest BCUT2D eigenvalue weighted by Gasteiger charge is -2.45. The van der Waals surface area contributed by atoms with Crippen molar-refractivity contribution in [1.29, 1.82) is 0 Å². The third kappa shape index (κ3) is 1.87. The highest BCUT2D eigenvalue weighted by atomic mass is 16.4. The van der Waals surface area contributed by atoms with Crippen molar-refractivity contribution in [3.8, 4) is 0 Å². The Balaban J connectivity index is 1.91. The zero-order valence-corrected chi connectivity index (χ0v) is 11.4. The third-order valence-electron chi connectivity index (χ3n) is 4.79. The number of fused-ring (bicyclic) bond motifs is 2. The minimum Gasteiger partial charge on any atom is -0.465 e. The Kier molecular flexibility index (Phi) is 2.96. The molecule has 0 aromatic carbocycles. The first-order chi connectivity index (χ1) is 9.55. The van der Waals surface area contributed by atoms with Gasteiger partial charge in [-0.2, -0.15) is 5.10 Å². The number of rotatable bonds is 3. The maximum absolute atomic E-state index is 11.6. The van der Waals surface area contributed by atoms with Crippen molar-refractivity contribution in [3.05, 3.63) is 24.4 Å². The second kappa shape index (κ2) is 4.54. The number of aromatic amines is 1. The number of nitrogens with one attached hydrogen (secondary N) is 1. The minimum atomic E-state index is -0.808. The summed E-state index contributed by atoms with van der Waals surface area (Å²) in [5, 5.41) is 16.5. The average Bonchev–Trinajstić information content (AvgIpc) is 2.91. The van der Waals surface area contributed by atoms with Crippen molar-refractivity contribution in [2.24, 2.45) is 0 Å². The number of nitrogens with zero attached hydrogens (tertiary/aromatic N) is 2. The number of H-pyrrole nitrogens is 1. The molecule has 1 aromatic heterocycles. The predicted molar refractivity (Wildman–Crippen MR) is 75.4 cm³/mol. The summed E-state index contributed by atoms with van der Waals surface area (Å²) >= 11 is 0. The fourth-order valence-corrected chi connectivity index (χ4v) is 4.08. The fraction of sp³-hybridized carbons (Fsp3) is 0.571. The van der Waals surface area contributed by atoms with E-state index in [-0.39, 0.29) is 11.6 Å². The molecule has 2 fully saturated rings. The highest BCUT2D eigenvalue weighted by Gasteiger charge is 2.53. The number of nitrogen functional groups attached to an aromatic ring is 1. The van der Waals surface area contributed by atoms with Gasteiger partial charge in [0.1, 0.15) is 5.82 Å².